The van der Waals surface area contributed by atoms with Gasteiger partial charge in [-0.2, -0.15) is 8.78 Å². The summed E-state index contributed by atoms with van der Waals surface area (Å²) in [5.74, 6) is -0.250. The minimum absolute atomic E-state index is 0.0204. The maximum atomic E-state index is 12.7. The molecule has 1 aliphatic rings. The fourth-order valence-electron chi connectivity index (χ4n) is 2.59. The van der Waals surface area contributed by atoms with Gasteiger partial charge in [-0.1, -0.05) is 0 Å². The Labute approximate surface area is 138 Å². The average Bonchev–Trinajstić information content (AvgIpc) is 2.72. The van der Waals surface area contributed by atoms with Crippen LogP contribution < -0.4 is 4.74 Å². The van der Waals surface area contributed by atoms with Gasteiger partial charge in [0.2, 0.25) is 0 Å². The van der Waals surface area contributed by atoms with E-state index in [4.69, 9.17) is 4.74 Å². The SMILES string of the molecule is COCCN1CCCN(C(=O)c2sc(C)cc2OC(F)F)CC1. The predicted octanol–water partition coefficient (Wildman–Crippen LogP) is 2.45. The van der Waals surface area contributed by atoms with E-state index in [1.807, 2.05) is 0 Å². The van der Waals surface area contributed by atoms with Crippen LogP contribution in [0, 0.1) is 6.92 Å². The number of carbonyl (C=O) groups excluding carboxylic acids is 1. The number of halogens is 2. The largest absolute Gasteiger partial charge is 0.433 e. The summed E-state index contributed by atoms with van der Waals surface area (Å²) in [6, 6.07) is 1.49. The van der Waals surface area contributed by atoms with Gasteiger partial charge in [-0.25, -0.2) is 0 Å². The average molecular weight is 348 g/mol. The highest BCUT2D eigenvalue weighted by Gasteiger charge is 2.25. The van der Waals surface area contributed by atoms with Crippen molar-refractivity contribution >= 4 is 17.2 Å². The zero-order valence-electron chi connectivity index (χ0n) is 13.4. The number of thiophene rings is 1. The summed E-state index contributed by atoms with van der Waals surface area (Å²) in [6.45, 7) is 3.18. The number of aryl methyl sites for hydroxylation is 1. The lowest BCUT2D eigenvalue weighted by atomic mass is 10.3. The van der Waals surface area contributed by atoms with Crippen LogP contribution in [0.2, 0.25) is 0 Å². The quantitative estimate of drug-likeness (QED) is 0.792. The Hall–Kier alpha value is -1.25. The summed E-state index contributed by atoms with van der Waals surface area (Å²) < 4.78 is 34.5. The first kappa shape index (κ1) is 18.1. The van der Waals surface area contributed by atoms with E-state index in [9.17, 15) is 13.6 Å². The topological polar surface area (TPSA) is 42.0 Å². The Bertz CT molecular complexity index is 525. The van der Waals surface area contributed by atoms with E-state index in [-0.39, 0.29) is 16.5 Å². The van der Waals surface area contributed by atoms with Crippen LogP contribution in [0.4, 0.5) is 8.78 Å². The van der Waals surface area contributed by atoms with Crippen molar-refractivity contribution in [2.75, 3.05) is 46.4 Å². The molecule has 2 heterocycles. The molecule has 0 aromatic carbocycles. The Balaban J connectivity index is 2.03. The lowest BCUT2D eigenvalue weighted by molar-refractivity contribution is -0.0499. The van der Waals surface area contributed by atoms with Crippen LogP contribution in [0.25, 0.3) is 0 Å². The molecule has 1 saturated heterocycles. The number of carbonyl (C=O) groups is 1. The summed E-state index contributed by atoms with van der Waals surface area (Å²) in [5, 5.41) is 0. The van der Waals surface area contributed by atoms with E-state index in [1.54, 1.807) is 18.9 Å². The second kappa shape index (κ2) is 8.56. The number of amides is 1. The predicted molar refractivity (Wildman–Crippen MR) is 84.5 cm³/mol. The Kier molecular flexibility index (Phi) is 6.73. The van der Waals surface area contributed by atoms with Crippen molar-refractivity contribution in [3.05, 3.63) is 15.8 Å². The van der Waals surface area contributed by atoms with Gasteiger partial charge in [0, 0.05) is 38.2 Å². The highest BCUT2D eigenvalue weighted by molar-refractivity contribution is 7.14. The number of methoxy groups -OCH3 is 1. The highest BCUT2D eigenvalue weighted by Crippen LogP contribution is 2.31. The van der Waals surface area contributed by atoms with Crippen molar-refractivity contribution in [2.45, 2.75) is 20.0 Å². The van der Waals surface area contributed by atoms with Gasteiger partial charge >= 0.3 is 6.61 Å². The molecule has 1 aromatic rings. The van der Waals surface area contributed by atoms with E-state index in [0.29, 0.717) is 19.7 Å². The molecule has 0 bridgehead atoms. The van der Waals surface area contributed by atoms with Gasteiger partial charge in [0.25, 0.3) is 5.91 Å². The molecule has 1 amide bonds. The molecule has 0 unspecified atom stereocenters. The summed E-state index contributed by atoms with van der Waals surface area (Å²) in [6.07, 6.45) is 0.852. The van der Waals surface area contributed by atoms with Crippen molar-refractivity contribution in [3.63, 3.8) is 0 Å². The number of hydrogen-bond donors (Lipinski definition) is 0. The number of nitrogens with zero attached hydrogens (tertiary/aromatic N) is 2. The van der Waals surface area contributed by atoms with Gasteiger partial charge in [0.1, 0.15) is 10.6 Å². The molecule has 0 radical (unpaired) electrons. The third-order valence-corrected chi connectivity index (χ3v) is 4.74. The first-order valence-corrected chi connectivity index (χ1v) is 8.38. The van der Waals surface area contributed by atoms with Crippen LogP contribution in [0.1, 0.15) is 21.0 Å². The van der Waals surface area contributed by atoms with Gasteiger partial charge < -0.3 is 14.4 Å². The fourth-order valence-corrected chi connectivity index (χ4v) is 3.50. The van der Waals surface area contributed by atoms with Crippen LogP contribution in [0.15, 0.2) is 6.07 Å². The summed E-state index contributed by atoms with van der Waals surface area (Å²) >= 11 is 1.20. The molecule has 1 aromatic heterocycles. The van der Waals surface area contributed by atoms with E-state index >= 15 is 0 Å². The number of ether oxygens (including phenoxy) is 2. The maximum absolute atomic E-state index is 12.7. The van der Waals surface area contributed by atoms with Gasteiger partial charge in [-0.15, -0.1) is 11.3 Å². The van der Waals surface area contributed by atoms with Crippen molar-refractivity contribution in [3.8, 4) is 5.75 Å². The number of alkyl halides is 2. The standard InChI is InChI=1S/C15H22F2N2O3S/c1-11-10-12(22-15(16)17)13(23-11)14(20)19-5-3-4-18(6-7-19)8-9-21-2/h10,15H,3-9H2,1-2H3. The van der Waals surface area contributed by atoms with E-state index in [2.05, 4.69) is 9.64 Å². The van der Waals surface area contributed by atoms with Crippen molar-refractivity contribution in [2.24, 2.45) is 0 Å². The molecule has 0 spiro atoms. The summed E-state index contributed by atoms with van der Waals surface area (Å²) in [4.78, 5) is 17.7. The minimum atomic E-state index is -2.93. The molecule has 130 valence electrons. The molecule has 23 heavy (non-hydrogen) atoms. The molecule has 0 aliphatic carbocycles. The van der Waals surface area contributed by atoms with Crippen LogP contribution in [-0.4, -0.2) is 68.8 Å². The lowest BCUT2D eigenvalue weighted by Gasteiger charge is -2.21. The smallest absolute Gasteiger partial charge is 0.387 e. The Morgan fingerprint density at radius 2 is 2.13 bits per heavy atom. The van der Waals surface area contributed by atoms with Crippen LogP contribution in [-0.2, 0) is 4.74 Å². The Morgan fingerprint density at radius 3 is 2.83 bits per heavy atom. The van der Waals surface area contributed by atoms with Gasteiger partial charge in [-0.3, -0.25) is 9.69 Å². The van der Waals surface area contributed by atoms with Gasteiger partial charge in [0.15, 0.2) is 0 Å². The van der Waals surface area contributed by atoms with E-state index < -0.39 is 6.61 Å². The first-order chi connectivity index (χ1) is 11.0. The lowest BCUT2D eigenvalue weighted by Crippen LogP contribution is -2.35. The van der Waals surface area contributed by atoms with E-state index in [0.717, 1.165) is 30.9 Å². The van der Waals surface area contributed by atoms with Crippen LogP contribution in [0.3, 0.4) is 0 Å². The molecule has 8 heteroatoms. The van der Waals surface area contributed by atoms with Crippen molar-refractivity contribution in [1.29, 1.82) is 0 Å². The molecule has 0 atom stereocenters. The maximum Gasteiger partial charge on any atom is 0.387 e. The molecule has 2 rings (SSSR count). The summed E-state index contributed by atoms with van der Waals surface area (Å²) in [5.41, 5.74) is 0. The normalized spacial score (nSPS) is 16.7. The van der Waals surface area contributed by atoms with E-state index in [1.165, 1.54) is 17.4 Å². The van der Waals surface area contributed by atoms with Crippen molar-refractivity contribution < 1.29 is 23.0 Å². The van der Waals surface area contributed by atoms with Crippen LogP contribution in [0.5, 0.6) is 5.75 Å². The molecule has 0 saturated carbocycles. The number of hydrogen-bond acceptors (Lipinski definition) is 5. The molecular weight excluding hydrogens is 326 g/mol. The third-order valence-electron chi connectivity index (χ3n) is 3.72. The third kappa shape index (κ3) is 5.12. The Morgan fingerprint density at radius 1 is 1.35 bits per heavy atom. The zero-order valence-corrected chi connectivity index (χ0v) is 14.2. The minimum Gasteiger partial charge on any atom is -0.433 e. The number of rotatable bonds is 6. The molecule has 5 nitrogen and oxygen atoms in total. The second-order valence-electron chi connectivity index (χ2n) is 5.41. The van der Waals surface area contributed by atoms with Gasteiger partial charge in [-0.05, 0) is 26.0 Å². The first-order valence-electron chi connectivity index (χ1n) is 7.57. The van der Waals surface area contributed by atoms with Crippen LogP contribution >= 0.6 is 11.3 Å². The monoisotopic (exact) mass is 348 g/mol. The fraction of sp³-hybridized carbons (Fsp3) is 0.667. The molecule has 0 N–H and O–H groups in total. The van der Waals surface area contributed by atoms with Crippen molar-refractivity contribution in [1.82, 2.24) is 9.80 Å². The summed E-state index contributed by atoms with van der Waals surface area (Å²) in [7, 11) is 1.66. The highest BCUT2D eigenvalue weighted by atomic mass is 32.1. The second-order valence-corrected chi connectivity index (χ2v) is 6.67. The van der Waals surface area contributed by atoms with Gasteiger partial charge in [0.05, 0.1) is 6.61 Å². The molecule has 1 fully saturated rings. The zero-order chi connectivity index (χ0) is 16.8. The molecule has 1 aliphatic heterocycles. The molecular formula is C15H22F2N2O3S.